The fourth-order valence-corrected chi connectivity index (χ4v) is 10.0. The number of carbonyl (C=O) groups excluding carboxylic acids is 1. The molecule has 0 aliphatic heterocycles. The predicted octanol–water partition coefficient (Wildman–Crippen LogP) is 21.2. The van der Waals surface area contributed by atoms with Crippen LogP contribution in [0.25, 0.3) is 0 Å². The van der Waals surface area contributed by atoms with Gasteiger partial charge in [0.15, 0.2) is 0 Å². The van der Waals surface area contributed by atoms with E-state index < -0.39 is 12.1 Å². The van der Waals surface area contributed by atoms with Crippen LogP contribution in [0.3, 0.4) is 0 Å². The van der Waals surface area contributed by atoms with Crippen LogP contribution >= 0.6 is 0 Å². The van der Waals surface area contributed by atoms with Crippen molar-refractivity contribution < 1.29 is 15.0 Å². The molecular formula is C65H125NO3. The van der Waals surface area contributed by atoms with Crippen LogP contribution in [0.2, 0.25) is 0 Å². The molecule has 2 unspecified atom stereocenters. The van der Waals surface area contributed by atoms with E-state index >= 15 is 0 Å². The monoisotopic (exact) mass is 968 g/mol. The van der Waals surface area contributed by atoms with E-state index in [-0.39, 0.29) is 12.5 Å². The number of amides is 1. The lowest BCUT2D eigenvalue weighted by molar-refractivity contribution is -0.123. The summed E-state index contributed by atoms with van der Waals surface area (Å²) in [4.78, 5) is 12.5. The van der Waals surface area contributed by atoms with Crippen molar-refractivity contribution in [3.8, 4) is 0 Å². The number of rotatable bonds is 59. The first-order valence-electron chi connectivity index (χ1n) is 31.7. The molecular weight excluding hydrogens is 843 g/mol. The van der Waals surface area contributed by atoms with E-state index in [4.69, 9.17) is 0 Å². The molecule has 0 aliphatic rings. The maximum absolute atomic E-state index is 12.5. The molecule has 4 nitrogen and oxygen atoms in total. The molecule has 0 aromatic carbocycles. The van der Waals surface area contributed by atoms with Crippen LogP contribution in [-0.2, 0) is 4.79 Å². The van der Waals surface area contributed by atoms with Gasteiger partial charge in [-0.1, -0.05) is 326 Å². The van der Waals surface area contributed by atoms with Gasteiger partial charge in [0.2, 0.25) is 5.91 Å². The molecule has 0 rings (SSSR count). The first-order chi connectivity index (χ1) is 34.2. The first-order valence-corrected chi connectivity index (χ1v) is 31.7. The molecule has 1 amide bonds. The predicted molar refractivity (Wildman–Crippen MR) is 308 cm³/mol. The third-order valence-corrected chi connectivity index (χ3v) is 14.8. The van der Waals surface area contributed by atoms with Crippen LogP contribution in [0.5, 0.6) is 0 Å². The van der Waals surface area contributed by atoms with Crippen LogP contribution in [0, 0.1) is 0 Å². The van der Waals surface area contributed by atoms with Crippen molar-refractivity contribution in [1.82, 2.24) is 5.32 Å². The normalized spacial score (nSPS) is 12.9. The Morgan fingerprint density at radius 3 is 0.841 bits per heavy atom. The second-order valence-corrected chi connectivity index (χ2v) is 21.8. The molecule has 408 valence electrons. The maximum atomic E-state index is 12.5. The van der Waals surface area contributed by atoms with Gasteiger partial charge in [-0.05, 0) is 57.8 Å². The van der Waals surface area contributed by atoms with E-state index in [9.17, 15) is 15.0 Å². The summed E-state index contributed by atoms with van der Waals surface area (Å²) in [7, 11) is 0. The van der Waals surface area contributed by atoms with Gasteiger partial charge in [0.1, 0.15) is 0 Å². The summed E-state index contributed by atoms with van der Waals surface area (Å²) >= 11 is 0. The summed E-state index contributed by atoms with van der Waals surface area (Å²) in [5, 5.41) is 23.2. The summed E-state index contributed by atoms with van der Waals surface area (Å²) in [6.07, 6.45) is 83.5. The zero-order valence-electron chi connectivity index (χ0n) is 47.1. The molecule has 0 aromatic heterocycles. The second-order valence-electron chi connectivity index (χ2n) is 21.8. The van der Waals surface area contributed by atoms with Gasteiger partial charge in [-0.15, -0.1) is 0 Å². The lowest BCUT2D eigenvalue weighted by atomic mass is 10.0. The van der Waals surface area contributed by atoms with Crippen molar-refractivity contribution in [3.63, 3.8) is 0 Å². The Kier molecular flexibility index (Phi) is 59.7. The smallest absolute Gasteiger partial charge is 0.220 e. The highest BCUT2D eigenvalue weighted by atomic mass is 16.3. The largest absolute Gasteiger partial charge is 0.394 e. The van der Waals surface area contributed by atoms with Crippen molar-refractivity contribution in [2.75, 3.05) is 6.61 Å². The van der Waals surface area contributed by atoms with Gasteiger partial charge < -0.3 is 15.5 Å². The van der Waals surface area contributed by atoms with Gasteiger partial charge in [-0.25, -0.2) is 0 Å². The molecule has 0 bridgehead atoms. The van der Waals surface area contributed by atoms with Gasteiger partial charge in [0.05, 0.1) is 18.8 Å². The number of aliphatic hydroxyl groups excluding tert-OH is 2. The minimum absolute atomic E-state index is 0.0668. The average molecular weight is 969 g/mol. The van der Waals surface area contributed by atoms with Crippen molar-refractivity contribution in [1.29, 1.82) is 0 Å². The van der Waals surface area contributed by atoms with Crippen LogP contribution in [0.15, 0.2) is 36.5 Å². The quantitative estimate of drug-likeness (QED) is 0.0420. The molecule has 3 N–H and O–H groups in total. The Morgan fingerprint density at radius 2 is 0.565 bits per heavy atom. The molecule has 0 aliphatic carbocycles. The maximum Gasteiger partial charge on any atom is 0.220 e. The van der Waals surface area contributed by atoms with Gasteiger partial charge in [-0.2, -0.15) is 0 Å². The number of carbonyl (C=O) groups is 1. The third kappa shape index (κ3) is 57.4. The van der Waals surface area contributed by atoms with Gasteiger partial charge in [0.25, 0.3) is 0 Å². The van der Waals surface area contributed by atoms with Gasteiger partial charge in [-0.3, -0.25) is 4.79 Å². The number of hydrogen-bond acceptors (Lipinski definition) is 3. The van der Waals surface area contributed by atoms with Crippen molar-refractivity contribution in [2.24, 2.45) is 0 Å². The van der Waals surface area contributed by atoms with E-state index in [1.807, 2.05) is 6.08 Å². The van der Waals surface area contributed by atoms with Crippen LogP contribution < -0.4 is 5.32 Å². The minimum Gasteiger partial charge on any atom is -0.394 e. The van der Waals surface area contributed by atoms with Gasteiger partial charge in [0, 0.05) is 6.42 Å². The van der Waals surface area contributed by atoms with Crippen LogP contribution in [0.1, 0.15) is 354 Å². The summed E-state index contributed by atoms with van der Waals surface area (Å²) < 4.78 is 0. The van der Waals surface area contributed by atoms with Crippen LogP contribution in [0.4, 0.5) is 0 Å². The van der Waals surface area contributed by atoms with E-state index in [1.165, 1.54) is 302 Å². The summed E-state index contributed by atoms with van der Waals surface area (Å²) in [5.74, 6) is -0.0668. The SMILES string of the molecule is CCCCCCCCCC/C=C\CCCCCCCCCCCCCCCCCCCCCC(=O)NC(CO)C(O)/C=C/CC/C=C/CCCCCCCCCCCCCCCCCCCCCC. The number of allylic oxidation sites excluding steroid dienone is 5. The fourth-order valence-electron chi connectivity index (χ4n) is 10.0. The zero-order valence-corrected chi connectivity index (χ0v) is 47.1. The lowest BCUT2D eigenvalue weighted by Crippen LogP contribution is -2.45. The molecule has 69 heavy (non-hydrogen) atoms. The Labute approximate surface area is 433 Å². The lowest BCUT2D eigenvalue weighted by Gasteiger charge is -2.19. The molecule has 0 heterocycles. The highest BCUT2D eigenvalue weighted by Gasteiger charge is 2.18. The van der Waals surface area contributed by atoms with Gasteiger partial charge >= 0.3 is 0 Å². The first kappa shape index (κ1) is 67.6. The molecule has 0 saturated carbocycles. The number of unbranched alkanes of at least 4 members (excludes halogenated alkanes) is 48. The van der Waals surface area contributed by atoms with Crippen molar-refractivity contribution in [2.45, 2.75) is 366 Å². The Balaban J connectivity index is 3.46. The van der Waals surface area contributed by atoms with E-state index in [1.54, 1.807) is 6.08 Å². The average Bonchev–Trinajstić information content (AvgIpc) is 3.35. The Morgan fingerprint density at radius 1 is 0.333 bits per heavy atom. The molecule has 0 saturated heterocycles. The zero-order chi connectivity index (χ0) is 49.9. The molecule has 0 fully saturated rings. The van der Waals surface area contributed by atoms with E-state index in [0.29, 0.717) is 6.42 Å². The fraction of sp³-hybridized carbons (Fsp3) is 0.892. The highest BCUT2D eigenvalue weighted by molar-refractivity contribution is 5.76. The van der Waals surface area contributed by atoms with Crippen molar-refractivity contribution >= 4 is 5.91 Å². The number of aliphatic hydroxyl groups is 2. The summed E-state index contributed by atoms with van der Waals surface area (Å²) in [6.45, 7) is 4.34. The standard InChI is InChI=1S/C65H125NO3/c1-3-5-7-9-11-13-15-17-19-21-23-25-27-29-31-32-33-34-35-37-39-41-43-45-47-49-51-53-55-57-59-61-65(69)66-63(62-67)64(68)60-58-56-54-52-50-48-46-44-42-40-38-36-30-28-26-24-22-20-18-16-14-12-10-8-6-4-2/h21,23,50,52,58,60,63-64,67-68H,3-20,22,24-49,51,53-57,59,61-62H2,1-2H3,(H,66,69)/b23-21-,52-50+,60-58+. The second kappa shape index (κ2) is 60.9. The third-order valence-electron chi connectivity index (χ3n) is 14.8. The van der Waals surface area contributed by atoms with E-state index in [2.05, 4.69) is 43.5 Å². The minimum atomic E-state index is -0.862. The number of nitrogens with one attached hydrogen (secondary N) is 1. The Bertz CT molecular complexity index is 1050. The molecule has 4 heteroatoms. The molecule has 0 spiro atoms. The molecule has 0 aromatic rings. The van der Waals surface area contributed by atoms with Crippen molar-refractivity contribution in [3.05, 3.63) is 36.5 Å². The Hall–Kier alpha value is -1.39. The van der Waals surface area contributed by atoms with E-state index in [0.717, 1.165) is 32.1 Å². The summed E-state index contributed by atoms with van der Waals surface area (Å²) in [5.41, 5.74) is 0. The topological polar surface area (TPSA) is 69.6 Å². The highest BCUT2D eigenvalue weighted by Crippen LogP contribution is 2.18. The molecule has 2 atom stereocenters. The van der Waals surface area contributed by atoms with Crippen LogP contribution in [-0.4, -0.2) is 34.9 Å². The number of hydrogen-bond donors (Lipinski definition) is 3. The summed E-state index contributed by atoms with van der Waals surface area (Å²) in [6, 6.07) is -0.639. The molecule has 0 radical (unpaired) electrons.